The average Bonchev–Trinajstić information content (AvgIpc) is 0.835. The quantitative estimate of drug-likeness (QED) is 0.121. The van der Waals surface area contributed by atoms with Crippen molar-refractivity contribution in [1.82, 2.24) is 0 Å². The highest BCUT2D eigenvalue weighted by Crippen LogP contribution is 2.42. The van der Waals surface area contributed by atoms with Crippen LogP contribution in [0.2, 0.25) is 0 Å². The van der Waals surface area contributed by atoms with Gasteiger partial charge in [-0.2, -0.15) is 0 Å². The second-order valence-corrected chi connectivity index (χ2v) is 24.1. The molecule has 0 aliphatic rings. The molecular weight excluding hydrogens is 1160 g/mol. The maximum absolute atomic E-state index is 2.32. The molecule has 0 saturated carbocycles. The molecule has 96 heavy (non-hydrogen) atoms. The third-order valence-electron chi connectivity index (χ3n) is 17.2. The lowest BCUT2D eigenvalue weighted by Crippen LogP contribution is -2.11. The third kappa shape index (κ3) is 14.8. The number of rotatable bonds is 12. The first kappa shape index (κ1) is 62.6. The lowest BCUT2D eigenvalue weighted by molar-refractivity contribution is 1.25. The van der Waals surface area contributed by atoms with Crippen LogP contribution in [0.15, 0.2) is 388 Å². The molecule has 4 heteroatoms. The van der Waals surface area contributed by atoms with Gasteiger partial charge in [-0.05, 0) is 210 Å². The molecule has 0 aliphatic heterocycles. The van der Waals surface area contributed by atoms with Crippen molar-refractivity contribution in [3.63, 3.8) is 0 Å². The van der Waals surface area contributed by atoms with Gasteiger partial charge in [0.25, 0.3) is 0 Å². The van der Waals surface area contributed by atoms with E-state index < -0.39 is 0 Å². The zero-order valence-corrected chi connectivity index (χ0v) is 54.7. The van der Waals surface area contributed by atoms with E-state index in [0.717, 1.165) is 11.4 Å². The van der Waals surface area contributed by atoms with Crippen molar-refractivity contribution in [3.8, 4) is 0 Å². The van der Waals surface area contributed by atoms with Crippen LogP contribution in [0, 0.1) is 27.7 Å². The Morgan fingerprint density at radius 3 is 0.885 bits per heavy atom. The summed E-state index contributed by atoms with van der Waals surface area (Å²) in [6.45, 7) is 8.53. The van der Waals surface area contributed by atoms with Crippen LogP contribution >= 0.6 is 0 Å². The van der Waals surface area contributed by atoms with Gasteiger partial charge in [0.1, 0.15) is 0 Å². The van der Waals surface area contributed by atoms with Gasteiger partial charge in [-0.25, -0.2) is 0 Å². The highest BCUT2D eigenvalue weighted by molar-refractivity contribution is 5.99. The van der Waals surface area contributed by atoms with Gasteiger partial charge in [0.15, 0.2) is 0 Å². The Morgan fingerprint density at radius 2 is 0.438 bits per heavy atom. The first-order valence-electron chi connectivity index (χ1n) is 32.9. The number of para-hydroxylation sites is 5. The van der Waals surface area contributed by atoms with Crippen LogP contribution in [0.25, 0.3) is 43.1 Å². The van der Waals surface area contributed by atoms with Crippen molar-refractivity contribution >= 4 is 111 Å². The summed E-state index contributed by atoms with van der Waals surface area (Å²) in [4.78, 5) is 9.24. The number of fused-ring (bicyclic) bond motifs is 4. The number of aryl methyl sites for hydroxylation is 4. The standard InChI is InChI=1S/4C23H19N/c1-18-9-5-8-14-23(18)24(21-12-3-2-4-13-21)22-16-15-19-10-6-7-11-20(19)17-22;1-18-8-7-13-22(16-18)24(21-11-3-2-4-12-21)23-15-14-19-9-5-6-10-20(19)17-23;1-18-14-16-21(17-15-18)24(20-10-3-2-4-11-20)23-13-7-9-19-8-5-6-12-22(19)23;1-18-11-14-22(15-12-18)24(21-9-3-2-4-10-21)23-16-13-19-7-5-6-8-20(19)17-23/h4*2-17H,1H3. The zero-order chi connectivity index (χ0) is 65.4. The fourth-order valence-corrected chi connectivity index (χ4v) is 12.4. The van der Waals surface area contributed by atoms with Crippen molar-refractivity contribution in [3.05, 3.63) is 411 Å². The number of hydrogen-bond donors (Lipinski definition) is 0. The van der Waals surface area contributed by atoms with Gasteiger partial charge in [0, 0.05) is 67.9 Å². The molecule has 0 aromatic heterocycles. The van der Waals surface area contributed by atoms with E-state index in [9.17, 15) is 0 Å². The molecule has 0 atom stereocenters. The predicted molar refractivity (Wildman–Crippen MR) is 413 cm³/mol. The molecule has 0 unspecified atom stereocenters. The van der Waals surface area contributed by atoms with Gasteiger partial charge in [-0.1, -0.05) is 266 Å². The van der Waals surface area contributed by atoms with E-state index in [1.165, 1.54) is 122 Å². The molecule has 0 amide bonds. The molecule has 0 fully saturated rings. The van der Waals surface area contributed by atoms with Gasteiger partial charge in [-0.15, -0.1) is 0 Å². The Bertz CT molecular complexity index is 5160. The molecule has 0 radical (unpaired) electrons. The normalized spacial score (nSPS) is 10.7. The number of anilines is 12. The minimum absolute atomic E-state index is 1.16. The highest BCUT2D eigenvalue weighted by atomic mass is 15.2. The summed E-state index contributed by atoms with van der Waals surface area (Å²) in [6, 6.07) is 137. The fraction of sp³-hybridized carbons (Fsp3) is 0.0435. The Morgan fingerprint density at radius 1 is 0.156 bits per heavy atom. The molecule has 0 spiro atoms. The molecule has 0 aliphatic carbocycles. The molecule has 0 bridgehead atoms. The van der Waals surface area contributed by atoms with Gasteiger partial charge in [0.2, 0.25) is 0 Å². The van der Waals surface area contributed by atoms with Crippen molar-refractivity contribution in [2.45, 2.75) is 27.7 Å². The molecule has 0 N–H and O–H groups in total. The minimum Gasteiger partial charge on any atom is -0.310 e. The van der Waals surface area contributed by atoms with E-state index in [0.29, 0.717) is 0 Å². The molecule has 0 heterocycles. The smallest absolute Gasteiger partial charge is 0.0540 e. The van der Waals surface area contributed by atoms with Crippen LogP contribution in [-0.4, -0.2) is 0 Å². The van der Waals surface area contributed by atoms with Crippen molar-refractivity contribution in [2.24, 2.45) is 0 Å². The molecule has 16 aromatic rings. The average molecular weight is 1240 g/mol. The van der Waals surface area contributed by atoms with Crippen LogP contribution in [0.4, 0.5) is 68.2 Å². The van der Waals surface area contributed by atoms with E-state index >= 15 is 0 Å². The SMILES string of the molecule is Cc1ccc(N(c2ccccc2)c2ccc3ccccc3c2)cc1.Cc1ccc(N(c2ccccc2)c2cccc3ccccc23)cc1.Cc1cccc(N(c2ccccc2)c2ccc3ccccc3c2)c1.Cc1ccccc1N(c1ccccc1)c1ccc2ccccc2c1. The maximum Gasteiger partial charge on any atom is 0.0540 e. The van der Waals surface area contributed by atoms with Crippen molar-refractivity contribution in [2.75, 3.05) is 19.6 Å². The molecular formula is C92H76N4. The largest absolute Gasteiger partial charge is 0.310 e. The Hall–Kier alpha value is -12.2. The predicted octanol–water partition coefficient (Wildman–Crippen LogP) is 26.5. The molecule has 16 rings (SSSR count). The van der Waals surface area contributed by atoms with Crippen molar-refractivity contribution in [1.29, 1.82) is 0 Å². The van der Waals surface area contributed by atoms with Gasteiger partial charge in [0.05, 0.1) is 5.69 Å². The first-order valence-corrected chi connectivity index (χ1v) is 32.9. The Kier molecular flexibility index (Phi) is 19.6. The minimum atomic E-state index is 1.16. The molecule has 16 aromatic carbocycles. The van der Waals surface area contributed by atoms with E-state index in [1.54, 1.807) is 0 Å². The van der Waals surface area contributed by atoms with Gasteiger partial charge in [-0.3, -0.25) is 0 Å². The lowest BCUT2D eigenvalue weighted by Gasteiger charge is -2.27. The molecule has 0 saturated heterocycles. The fourth-order valence-electron chi connectivity index (χ4n) is 12.4. The number of benzene rings is 16. The summed E-state index contributed by atoms with van der Waals surface area (Å²) < 4.78 is 0. The van der Waals surface area contributed by atoms with Gasteiger partial charge < -0.3 is 19.6 Å². The number of hydrogen-bond acceptors (Lipinski definition) is 4. The van der Waals surface area contributed by atoms with Crippen LogP contribution in [-0.2, 0) is 0 Å². The monoisotopic (exact) mass is 1240 g/mol. The summed E-state index contributed by atoms with van der Waals surface area (Å²) in [7, 11) is 0. The zero-order valence-electron chi connectivity index (χ0n) is 54.7. The van der Waals surface area contributed by atoms with E-state index in [-0.39, 0.29) is 0 Å². The molecule has 4 nitrogen and oxygen atoms in total. The Balaban J connectivity index is 0.000000116. The summed E-state index contributed by atoms with van der Waals surface area (Å²) >= 11 is 0. The summed E-state index contributed by atoms with van der Waals surface area (Å²) in [5, 5.41) is 10.1. The first-order chi connectivity index (χ1) is 47.3. The highest BCUT2D eigenvalue weighted by Gasteiger charge is 2.18. The third-order valence-corrected chi connectivity index (χ3v) is 17.2. The van der Waals surface area contributed by atoms with Crippen molar-refractivity contribution < 1.29 is 0 Å². The Labute approximate surface area is 565 Å². The summed E-state index contributed by atoms with van der Waals surface area (Å²) in [5.74, 6) is 0. The van der Waals surface area contributed by atoms with Crippen LogP contribution in [0.1, 0.15) is 22.3 Å². The summed E-state index contributed by atoms with van der Waals surface area (Å²) in [5.41, 5.74) is 19.2. The van der Waals surface area contributed by atoms with E-state index in [2.05, 4.69) is 436 Å². The van der Waals surface area contributed by atoms with Crippen LogP contribution in [0.3, 0.4) is 0 Å². The van der Waals surface area contributed by atoms with Crippen LogP contribution < -0.4 is 19.6 Å². The van der Waals surface area contributed by atoms with E-state index in [4.69, 9.17) is 0 Å². The summed E-state index contributed by atoms with van der Waals surface area (Å²) in [6.07, 6.45) is 0. The van der Waals surface area contributed by atoms with Crippen LogP contribution in [0.5, 0.6) is 0 Å². The number of nitrogens with zero attached hydrogens (tertiary/aromatic N) is 4. The maximum atomic E-state index is 2.32. The second-order valence-electron chi connectivity index (χ2n) is 24.1. The molecule has 464 valence electrons. The van der Waals surface area contributed by atoms with Gasteiger partial charge >= 0.3 is 0 Å². The van der Waals surface area contributed by atoms with E-state index in [1.807, 2.05) is 0 Å². The topological polar surface area (TPSA) is 13.0 Å². The second kappa shape index (κ2) is 30.0. The lowest BCUT2D eigenvalue weighted by atomic mass is 10.1.